The van der Waals surface area contributed by atoms with Crippen molar-refractivity contribution in [3.63, 3.8) is 0 Å². The molecule has 1 aromatic rings. The van der Waals surface area contributed by atoms with Crippen LogP contribution in [0.15, 0.2) is 18.2 Å². The van der Waals surface area contributed by atoms with Crippen molar-refractivity contribution in [2.45, 2.75) is 33.4 Å². The lowest BCUT2D eigenvalue weighted by Gasteiger charge is -2.17. The molecule has 0 saturated carbocycles. The quantitative estimate of drug-likeness (QED) is 0.797. The molecule has 0 saturated heterocycles. The van der Waals surface area contributed by atoms with E-state index in [1.54, 1.807) is 20.1 Å². The lowest BCUT2D eigenvalue weighted by molar-refractivity contribution is -0.127. The van der Waals surface area contributed by atoms with Crippen LogP contribution < -0.4 is 20.5 Å². The minimum Gasteiger partial charge on any atom is -0.493 e. The Bertz CT molecular complexity index is 447. The lowest BCUT2D eigenvalue weighted by atomic mass is 10.2. The molecule has 1 unspecified atom stereocenters. The number of carbonyl (C=O) groups excluding carboxylic acids is 1. The summed E-state index contributed by atoms with van der Waals surface area (Å²) in [5, 5.41) is 2.84. The summed E-state index contributed by atoms with van der Waals surface area (Å²) in [5.41, 5.74) is 6.53. The van der Waals surface area contributed by atoms with Crippen LogP contribution in [0.5, 0.6) is 11.5 Å². The Labute approximate surface area is 120 Å². The Morgan fingerprint density at radius 3 is 2.55 bits per heavy atom. The van der Waals surface area contributed by atoms with Crippen LogP contribution in [0.25, 0.3) is 0 Å². The molecule has 0 bridgehead atoms. The van der Waals surface area contributed by atoms with Gasteiger partial charge in [0.2, 0.25) is 0 Å². The van der Waals surface area contributed by atoms with Crippen LogP contribution in [-0.4, -0.2) is 25.7 Å². The maximum Gasteiger partial charge on any atom is 0.260 e. The van der Waals surface area contributed by atoms with Crippen LogP contribution in [0.4, 0.5) is 0 Å². The third kappa shape index (κ3) is 4.74. The second-order valence-corrected chi connectivity index (χ2v) is 5.09. The minimum atomic E-state index is -0.577. The fourth-order valence-corrected chi connectivity index (χ4v) is 1.63. The van der Waals surface area contributed by atoms with E-state index >= 15 is 0 Å². The topological polar surface area (TPSA) is 73.6 Å². The fourth-order valence-electron chi connectivity index (χ4n) is 1.63. The summed E-state index contributed by atoms with van der Waals surface area (Å²) in [6.45, 7) is 6.86. The Kier molecular flexibility index (Phi) is 6.31. The zero-order valence-electron chi connectivity index (χ0n) is 12.6. The summed E-state index contributed by atoms with van der Waals surface area (Å²) in [6.07, 6.45) is -0.577. The molecular formula is C15H24N2O3. The van der Waals surface area contributed by atoms with E-state index in [1.165, 1.54) is 0 Å². The SMILES string of the molecule is COc1cc(CN)ccc1OC(C)C(=O)NCC(C)C. The van der Waals surface area contributed by atoms with Crippen molar-refractivity contribution in [2.75, 3.05) is 13.7 Å². The van der Waals surface area contributed by atoms with Gasteiger partial charge in [0.15, 0.2) is 17.6 Å². The van der Waals surface area contributed by atoms with Gasteiger partial charge in [-0.15, -0.1) is 0 Å². The molecule has 1 amide bonds. The van der Waals surface area contributed by atoms with Crippen molar-refractivity contribution in [1.29, 1.82) is 0 Å². The zero-order chi connectivity index (χ0) is 15.1. The zero-order valence-corrected chi connectivity index (χ0v) is 12.6. The Morgan fingerprint density at radius 2 is 2.00 bits per heavy atom. The van der Waals surface area contributed by atoms with Crippen LogP contribution in [0.3, 0.4) is 0 Å². The summed E-state index contributed by atoms with van der Waals surface area (Å²) in [6, 6.07) is 5.44. The summed E-state index contributed by atoms with van der Waals surface area (Å²) in [7, 11) is 1.56. The third-order valence-corrected chi connectivity index (χ3v) is 2.82. The van der Waals surface area contributed by atoms with E-state index in [0.717, 1.165) is 5.56 Å². The van der Waals surface area contributed by atoms with Gasteiger partial charge in [-0.1, -0.05) is 19.9 Å². The molecule has 3 N–H and O–H groups in total. The van der Waals surface area contributed by atoms with Crippen LogP contribution in [0.2, 0.25) is 0 Å². The maximum absolute atomic E-state index is 11.9. The molecule has 0 aliphatic rings. The van der Waals surface area contributed by atoms with Gasteiger partial charge < -0.3 is 20.5 Å². The molecule has 112 valence electrons. The molecule has 0 aliphatic carbocycles. The van der Waals surface area contributed by atoms with Gasteiger partial charge >= 0.3 is 0 Å². The molecule has 0 heterocycles. The van der Waals surface area contributed by atoms with E-state index in [0.29, 0.717) is 30.5 Å². The third-order valence-electron chi connectivity index (χ3n) is 2.82. The molecule has 1 aromatic carbocycles. The van der Waals surface area contributed by atoms with Crippen LogP contribution in [0, 0.1) is 5.92 Å². The number of amides is 1. The standard InChI is InChI=1S/C15H24N2O3/c1-10(2)9-17-15(18)11(3)20-13-6-5-12(8-16)7-14(13)19-4/h5-7,10-11H,8-9,16H2,1-4H3,(H,17,18). The first-order valence-electron chi connectivity index (χ1n) is 6.79. The van der Waals surface area contributed by atoms with Crippen molar-refractivity contribution in [3.05, 3.63) is 23.8 Å². The molecule has 0 radical (unpaired) electrons. The highest BCUT2D eigenvalue weighted by atomic mass is 16.5. The Balaban J connectivity index is 2.69. The highest BCUT2D eigenvalue weighted by molar-refractivity contribution is 5.80. The molecule has 1 rings (SSSR count). The van der Waals surface area contributed by atoms with E-state index < -0.39 is 6.10 Å². The Morgan fingerprint density at radius 1 is 1.30 bits per heavy atom. The molecule has 5 heteroatoms. The number of nitrogens with two attached hydrogens (primary N) is 1. The van der Waals surface area contributed by atoms with Crippen molar-refractivity contribution in [2.24, 2.45) is 11.7 Å². The van der Waals surface area contributed by atoms with Gasteiger partial charge in [-0.05, 0) is 30.5 Å². The van der Waals surface area contributed by atoms with Crippen LogP contribution in [-0.2, 0) is 11.3 Å². The van der Waals surface area contributed by atoms with Gasteiger partial charge in [0.1, 0.15) is 0 Å². The predicted molar refractivity (Wildman–Crippen MR) is 78.8 cm³/mol. The second kappa shape index (κ2) is 7.75. The van der Waals surface area contributed by atoms with Gasteiger partial charge in [-0.2, -0.15) is 0 Å². The van der Waals surface area contributed by atoms with Crippen molar-refractivity contribution < 1.29 is 14.3 Å². The van der Waals surface area contributed by atoms with E-state index in [4.69, 9.17) is 15.2 Å². The molecule has 0 fully saturated rings. The largest absolute Gasteiger partial charge is 0.493 e. The first-order valence-corrected chi connectivity index (χ1v) is 6.79. The normalized spacial score (nSPS) is 12.1. The number of hydrogen-bond donors (Lipinski definition) is 2. The smallest absolute Gasteiger partial charge is 0.260 e. The molecule has 0 spiro atoms. The number of hydrogen-bond acceptors (Lipinski definition) is 4. The van der Waals surface area contributed by atoms with E-state index in [-0.39, 0.29) is 5.91 Å². The molecule has 0 aliphatic heterocycles. The predicted octanol–water partition coefficient (Wildman–Crippen LogP) is 1.69. The van der Waals surface area contributed by atoms with Crippen molar-refractivity contribution >= 4 is 5.91 Å². The number of ether oxygens (including phenoxy) is 2. The number of methoxy groups -OCH3 is 1. The first kappa shape index (κ1) is 16.3. The number of benzene rings is 1. The van der Waals surface area contributed by atoms with E-state index in [1.807, 2.05) is 26.0 Å². The second-order valence-electron chi connectivity index (χ2n) is 5.09. The van der Waals surface area contributed by atoms with E-state index in [2.05, 4.69) is 5.32 Å². The van der Waals surface area contributed by atoms with Gasteiger partial charge in [-0.25, -0.2) is 0 Å². The summed E-state index contributed by atoms with van der Waals surface area (Å²) in [4.78, 5) is 11.9. The van der Waals surface area contributed by atoms with Crippen molar-refractivity contribution in [1.82, 2.24) is 5.32 Å². The van der Waals surface area contributed by atoms with Crippen LogP contribution >= 0.6 is 0 Å². The molecule has 1 atom stereocenters. The minimum absolute atomic E-state index is 0.136. The van der Waals surface area contributed by atoms with Gasteiger partial charge in [0, 0.05) is 13.1 Å². The summed E-state index contributed by atoms with van der Waals surface area (Å²) >= 11 is 0. The van der Waals surface area contributed by atoms with Crippen molar-refractivity contribution in [3.8, 4) is 11.5 Å². The van der Waals surface area contributed by atoms with Gasteiger partial charge in [0.25, 0.3) is 5.91 Å². The number of carbonyl (C=O) groups is 1. The summed E-state index contributed by atoms with van der Waals surface area (Å²) < 4.78 is 10.9. The Hall–Kier alpha value is -1.75. The molecular weight excluding hydrogens is 256 g/mol. The lowest BCUT2D eigenvalue weighted by Crippen LogP contribution is -2.38. The maximum atomic E-state index is 11.9. The molecule has 20 heavy (non-hydrogen) atoms. The van der Waals surface area contributed by atoms with E-state index in [9.17, 15) is 4.79 Å². The van der Waals surface area contributed by atoms with Gasteiger partial charge in [0.05, 0.1) is 7.11 Å². The van der Waals surface area contributed by atoms with Crippen LogP contribution in [0.1, 0.15) is 26.3 Å². The number of nitrogens with one attached hydrogen (secondary N) is 1. The monoisotopic (exact) mass is 280 g/mol. The molecule has 5 nitrogen and oxygen atoms in total. The summed E-state index contributed by atoms with van der Waals surface area (Å²) in [5.74, 6) is 1.39. The average molecular weight is 280 g/mol. The highest BCUT2D eigenvalue weighted by Crippen LogP contribution is 2.28. The fraction of sp³-hybridized carbons (Fsp3) is 0.533. The first-order chi connectivity index (χ1) is 9.47. The number of rotatable bonds is 7. The molecule has 0 aromatic heterocycles. The van der Waals surface area contributed by atoms with Gasteiger partial charge in [-0.3, -0.25) is 4.79 Å². The average Bonchev–Trinajstić information content (AvgIpc) is 2.44. The highest BCUT2D eigenvalue weighted by Gasteiger charge is 2.16.